The third-order valence-electron chi connectivity index (χ3n) is 3.25. The summed E-state index contributed by atoms with van der Waals surface area (Å²) in [7, 11) is 0. The predicted octanol–water partition coefficient (Wildman–Crippen LogP) is 1.15. The lowest BCUT2D eigenvalue weighted by molar-refractivity contribution is 0.644. The number of nitriles is 1. The van der Waals surface area contributed by atoms with Crippen LogP contribution in [0.1, 0.15) is 12.0 Å². The molecule has 2 aliphatic rings. The molecule has 0 bridgehead atoms. The quantitative estimate of drug-likeness (QED) is 0.738. The van der Waals surface area contributed by atoms with Crippen molar-refractivity contribution in [2.24, 2.45) is 0 Å². The number of benzene rings is 1. The maximum atomic E-state index is 8.79. The van der Waals surface area contributed by atoms with E-state index in [-0.39, 0.29) is 0 Å². The van der Waals surface area contributed by atoms with Gasteiger partial charge in [0.25, 0.3) is 0 Å². The molecule has 2 heterocycles. The van der Waals surface area contributed by atoms with Crippen LogP contribution in [0.15, 0.2) is 47.8 Å². The van der Waals surface area contributed by atoms with Crippen LogP contribution in [-0.2, 0) is 0 Å². The Hall–Kier alpha value is -2.29. The SMILES string of the molecule is N#Cc1ccc(N2C=C(C3=CCNCC3)NN2)cc1. The first-order chi connectivity index (χ1) is 9.36. The molecule has 0 fully saturated rings. The highest BCUT2D eigenvalue weighted by molar-refractivity contribution is 5.53. The summed E-state index contributed by atoms with van der Waals surface area (Å²) in [5, 5.41) is 14.0. The molecular weight excluding hydrogens is 238 g/mol. The lowest BCUT2D eigenvalue weighted by Gasteiger charge is -2.15. The van der Waals surface area contributed by atoms with Gasteiger partial charge in [0.1, 0.15) is 0 Å². The Morgan fingerprint density at radius 1 is 1.21 bits per heavy atom. The number of hydrogen-bond donors (Lipinski definition) is 3. The number of anilines is 1. The molecule has 0 radical (unpaired) electrons. The minimum atomic E-state index is 0.668. The number of hydrogen-bond acceptors (Lipinski definition) is 5. The van der Waals surface area contributed by atoms with Crippen molar-refractivity contribution in [3.05, 3.63) is 53.4 Å². The molecule has 0 saturated carbocycles. The summed E-state index contributed by atoms with van der Waals surface area (Å²) in [6, 6.07) is 9.58. The van der Waals surface area contributed by atoms with E-state index in [1.54, 1.807) is 0 Å². The largest absolute Gasteiger partial charge is 0.313 e. The normalized spacial score (nSPS) is 18.4. The van der Waals surface area contributed by atoms with Crippen molar-refractivity contribution < 1.29 is 0 Å². The van der Waals surface area contributed by atoms with Gasteiger partial charge in [-0.25, -0.2) is 0 Å². The molecule has 0 atom stereocenters. The fourth-order valence-corrected chi connectivity index (χ4v) is 2.18. The lowest BCUT2D eigenvalue weighted by Crippen LogP contribution is -2.36. The molecule has 0 saturated heterocycles. The van der Waals surface area contributed by atoms with Crippen molar-refractivity contribution in [2.45, 2.75) is 6.42 Å². The highest BCUT2D eigenvalue weighted by Gasteiger charge is 2.16. The van der Waals surface area contributed by atoms with Gasteiger partial charge in [0.05, 0.1) is 23.0 Å². The van der Waals surface area contributed by atoms with Crippen LogP contribution in [0.3, 0.4) is 0 Å². The van der Waals surface area contributed by atoms with Gasteiger partial charge in [-0.1, -0.05) is 6.08 Å². The summed E-state index contributed by atoms with van der Waals surface area (Å²) in [5.41, 5.74) is 10.4. The highest BCUT2D eigenvalue weighted by atomic mass is 15.7. The first-order valence-corrected chi connectivity index (χ1v) is 6.30. The predicted molar refractivity (Wildman–Crippen MR) is 73.6 cm³/mol. The highest BCUT2D eigenvalue weighted by Crippen LogP contribution is 2.21. The molecular formula is C14H15N5. The van der Waals surface area contributed by atoms with Crippen LogP contribution in [-0.4, -0.2) is 13.1 Å². The van der Waals surface area contributed by atoms with Gasteiger partial charge < -0.3 is 10.7 Å². The van der Waals surface area contributed by atoms with E-state index in [0.717, 1.165) is 30.9 Å². The standard InChI is InChI=1S/C14H15N5/c15-9-11-1-3-13(4-2-11)19-10-14(17-18-19)12-5-7-16-8-6-12/h1-5,10,16-18H,6-8H2. The third-order valence-corrected chi connectivity index (χ3v) is 3.25. The van der Waals surface area contributed by atoms with E-state index in [0.29, 0.717) is 5.56 Å². The van der Waals surface area contributed by atoms with E-state index in [1.807, 2.05) is 35.5 Å². The van der Waals surface area contributed by atoms with Gasteiger partial charge in [0.2, 0.25) is 0 Å². The minimum absolute atomic E-state index is 0.668. The molecule has 0 unspecified atom stereocenters. The topological polar surface area (TPSA) is 63.1 Å². The molecule has 0 amide bonds. The Bertz CT molecular complexity index is 564. The summed E-state index contributed by atoms with van der Waals surface area (Å²) >= 11 is 0. The van der Waals surface area contributed by atoms with Crippen molar-refractivity contribution in [3.63, 3.8) is 0 Å². The van der Waals surface area contributed by atoms with E-state index in [4.69, 9.17) is 5.26 Å². The summed E-state index contributed by atoms with van der Waals surface area (Å²) in [5.74, 6) is 0. The van der Waals surface area contributed by atoms with Crippen LogP contribution in [0, 0.1) is 11.3 Å². The molecule has 1 aromatic rings. The average molecular weight is 253 g/mol. The zero-order valence-electron chi connectivity index (χ0n) is 10.5. The average Bonchev–Trinajstić information content (AvgIpc) is 2.98. The van der Waals surface area contributed by atoms with Gasteiger partial charge >= 0.3 is 0 Å². The molecule has 3 N–H and O–H groups in total. The first kappa shape index (κ1) is 11.8. The maximum Gasteiger partial charge on any atom is 0.0991 e. The van der Waals surface area contributed by atoms with E-state index in [2.05, 4.69) is 28.4 Å². The van der Waals surface area contributed by atoms with E-state index in [9.17, 15) is 0 Å². The number of rotatable bonds is 2. The Balaban J connectivity index is 1.78. The van der Waals surface area contributed by atoms with E-state index < -0.39 is 0 Å². The van der Waals surface area contributed by atoms with Crippen molar-refractivity contribution >= 4 is 5.69 Å². The third kappa shape index (κ3) is 2.45. The van der Waals surface area contributed by atoms with Crippen LogP contribution in [0.2, 0.25) is 0 Å². The van der Waals surface area contributed by atoms with Gasteiger partial charge in [0.15, 0.2) is 0 Å². The summed E-state index contributed by atoms with van der Waals surface area (Å²) < 4.78 is 0. The van der Waals surface area contributed by atoms with Gasteiger partial charge in [-0.05, 0) is 42.8 Å². The van der Waals surface area contributed by atoms with E-state index in [1.165, 1.54) is 5.57 Å². The molecule has 5 nitrogen and oxygen atoms in total. The van der Waals surface area contributed by atoms with Crippen molar-refractivity contribution in [1.29, 1.82) is 5.26 Å². The van der Waals surface area contributed by atoms with Crippen LogP contribution in [0.4, 0.5) is 5.69 Å². The molecule has 0 aromatic heterocycles. The molecule has 19 heavy (non-hydrogen) atoms. The number of allylic oxidation sites excluding steroid dienone is 1. The smallest absolute Gasteiger partial charge is 0.0991 e. The second-order valence-corrected chi connectivity index (χ2v) is 4.49. The molecule has 5 heteroatoms. The van der Waals surface area contributed by atoms with Crippen LogP contribution in [0.5, 0.6) is 0 Å². The zero-order chi connectivity index (χ0) is 13.1. The zero-order valence-corrected chi connectivity index (χ0v) is 10.5. The van der Waals surface area contributed by atoms with Gasteiger partial charge in [-0.15, -0.1) is 5.53 Å². The summed E-state index contributed by atoms with van der Waals surface area (Å²) in [4.78, 5) is 0. The molecule has 1 aromatic carbocycles. The fraction of sp³-hybridized carbons (Fsp3) is 0.214. The molecule has 96 valence electrons. The Morgan fingerprint density at radius 2 is 2.05 bits per heavy atom. The number of nitrogens with one attached hydrogen (secondary N) is 3. The second kappa shape index (κ2) is 5.14. The second-order valence-electron chi connectivity index (χ2n) is 4.49. The van der Waals surface area contributed by atoms with Crippen molar-refractivity contribution in [2.75, 3.05) is 18.1 Å². The Labute approximate surface area is 112 Å². The van der Waals surface area contributed by atoms with E-state index >= 15 is 0 Å². The van der Waals surface area contributed by atoms with Crippen LogP contribution < -0.4 is 21.3 Å². The monoisotopic (exact) mass is 253 g/mol. The Kier molecular flexibility index (Phi) is 3.19. The van der Waals surface area contributed by atoms with Crippen LogP contribution in [0.25, 0.3) is 0 Å². The lowest BCUT2D eigenvalue weighted by atomic mass is 10.1. The molecule has 0 aliphatic carbocycles. The van der Waals surface area contributed by atoms with Gasteiger partial charge in [-0.3, -0.25) is 5.01 Å². The van der Waals surface area contributed by atoms with Crippen molar-refractivity contribution in [1.82, 2.24) is 16.3 Å². The molecule has 0 spiro atoms. The molecule has 2 aliphatic heterocycles. The summed E-state index contributed by atoms with van der Waals surface area (Å²) in [6.45, 7) is 1.94. The van der Waals surface area contributed by atoms with Crippen molar-refractivity contribution in [3.8, 4) is 6.07 Å². The summed E-state index contributed by atoms with van der Waals surface area (Å²) in [6.07, 6.45) is 5.27. The molecule has 3 rings (SSSR count). The van der Waals surface area contributed by atoms with Gasteiger partial charge in [-0.2, -0.15) is 5.26 Å². The van der Waals surface area contributed by atoms with Crippen LogP contribution >= 0.6 is 0 Å². The number of hydrazine groups is 2. The maximum absolute atomic E-state index is 8.79. The fourth-order valence-electron chi connectivity index (χ4n) is 2.18. The minimum Gasteiger partial charge on any atom is -0.313 e. The first-order valence-electron chi connectivity index (χ1n) is 6.30. The Morgan fingerprint density at radius 3 is 2.74 bits per heavy atom. The van der Waals surface area contributed by atoms with Gasteiger partial charge in [0, 0.05) is 12.7 Å². The number of nitrogens with zero attached hydrogens (tertiary/aromatic N) is 2.